The number of benzene rings is 1. The first kappa shape index (κ1) is 25.7. The summed E-state index contributed by atoms with van der Waals surface area (Å²) in [6.07, 6.45) is 10.8. The number of hydrogen-bond acceptors (Lipinski definition) is 7. The van der Waals surface area contributed by atoms with Gasteiger partial charge in [0.15, 0.2) is 11.6 Å². The Balaban J connectivity index is 1.61. The van der Waals surface area contributed by atoms with Gasteiger partial charge in [0.1, 0.15) is 24.6 Å². The van der Waals surface area contributed by atoms with Gasteiger partial charge in [0, 0.05) is 12.1 Å². The highest BCUT2D eigenvalue weighted by molar-refractivity contribution is 5.94. The number of ether oxygens (including phenoxy) is 1. The number of amidine groups is 1. The first-order valence-electron chi connectivity index (χ1n) is 12.6. The van der Waals surface area contributed by atoms with E-state index in [1.807, 2.05) is 4.57 Å². The molecule has 0 radical (unpaired) electrons. The zero-order chi connectivity index (χ0) is 25.7. The minimum absolute atomic E-state index is 0.00926. The van der Waals surface area contributed by atoms with Gasteiger partial charge in [-0.05, 0) is 44.7 Å². The van der Waals surface area contributed by atoms with Crippen LogP contribution in [-0.2, 0) is 14.4 Å². The van der Waals surface area contributed by atoms with Crippen molar-refractivity contribution in [1.82, 2.24) is 4.57 Å². The fraction of sp³-hybridized carbons (Fsp3) is 0.538. The second kappa shape index (κ2) is 11.5. The fourth-order valence-electron chi connectivity index (χ4n) is 5.03. The predicted molar refractivity (Wildman–Crippen MR) is 135 cm³/mol. The lowest BCUT2D eigenvalue weighted by Crippen LogP contribution is -2.25. The molecule has 0 atom stereocenters. The summed E-state index contributed by atoms with van der Waals surface area (Å²) in [6, 6.07) is 3.42. The van der Waals surface area contributed by atoms with E-state index >= 15 is 4.39 Å². The molecule has 2 saturated carbocycles. The van der Waals surface area contributed by atoms with Gasteiger partial charge in [-0.2, -0.15) is 0 Å². The van der Waals surface area contributed by atoms with Crippen LogP contribution in [0.25, 0.3) is 10.9 Å². The Hall–Kier alpha value is -3.43. The molecule has 0 aliphatic heterocycles. The zero-order valence-corrected chi connectivity index (χ0v) is 20.6. The normalized spacial score (nSPS) is 17.3. The van der Waals surface area contributed by atoms with Crippen LogP contribution in [0.4, 0.5) is 10.1 Å². The minimum atomic E-state index is -0.840. The summed E-state index contributed by atoms with van der Waals surface area (Å²) in [5, 5.41) is 7.04. The Kier molecular flexibility index (Phi) is 8.22. The predicted octanol–water partition coefficient (Wildman–Crippen LogP) is 4.17. The molecule has 0 unspecified atom stereocenters. The second-order valence-electron chi connectivity index (χ2n) is 9.71. The number of nitrogens with one attached hydrogen (secondary N) is 1. The number of nitrogens with zero attached hydrogens (tertiary/aromatic N) is 2. The van der Waals surface area contributed by atoms with Crippen molar-refractivity contribution in [3.8, 4) is 5.75 Å². The highest BCUT2D eigenvalue weighted by Crippen LogP contribution is 2.34. The monoisotopic (exact) mass is 500 g/mol. The number of carbonyl (C=O) groups is 2. The molecule has 2 aromatic rings. The third-order valence-electron chi connectivity index (χ3n) is 6.80. The number of nitrogens with two attached hydrogens (primary N) is 1. The van der Waals surface area contributed by atoms with Gasteiger partial charge in [-0.25, -0.2) is 9.18 Å². The number of aromatic nitrogens is 1. The van der Waals surface area contributed by atoms with Crippen molar-refractivity contribution in [2.24, 2.45) is 10.9 Å². The van der Waals surface area contributed by atoms with Gasteiger partial charge in [0.05, 0.1) is 22.8 Å². The highest BCUT2D eigenvalue weighted by atomic mass is 19.1. The van der Waals surface area contributed by atoms with Crippen LogP contribution in [-0.4, -0.2) is 34.8 Å². The molecule has 2 aliphatic carbocycles. The second-order valence-corrected chi connectivity index (χ2v) is 9.71. The van der Waals surface area contributed by atoms with Gasteiger partial charge >= 0.3 is 5.97 Å². The smallest absolute Gasteiger partial charge is 0.342 e. The SMILES string of the molecule is CC(=O)CC(=O)O/N=C(/N)COc1cn(C2CCCC2)c2cc(NC3CCCCC3)c(F)cc2c1=O. The molecule has 0 saturated heterocycles. The van der Waals surface area contributed by atoms with E-state index in [1.54, 1.807) is 12.3 Å². The van der Waals surface area contributed by atoms with Crippen LogP contribution >= 0.6 is 0 Å². The summed E-state index contributed by atoms with van der Waals surface area (Å²) in [5.74, 6) is -1.85. The van der Waals surface area contributed by atoms with E-state index in [1.165, 1.54) is 19.4 Å². The molecule has 0 spiro atoms. The van der Waals surface area contributed by atoms with Crippen LogP contribution in [0.5, 0.6) is 5.75 Å². The number of fused-ring (bicyclic) bond motifs is 1. The van der Waals surface area contributed by atoms with Gasteiger partial charge in [-0.3, -0.25) is 9.59 Å². The molecule has 10 heteroatoms. The van der Waals surface area contributed by atoms with Gasteiger partial charge in [0.25, 0.3) is 0 Å². The number of hydrogen-bond donors (Lipinski definition) is 2. The molecule has 0 bridgehead atoms. The summed E-state index contributed by atoms with van der Waals surface area (Å²) in [7, 11) is 0. The largest absolute Gasteiger partial charge is 0.480 e. The van der Waals surface area contributed by atoms with Crippen LogP contribution in [0.15, 0.2) is 28.3 Å². The van der Waals surface area contributed by atoms with Crippen molar-refractivity contribution < 1.29 is 23.6 Å². The van der Waals surface area contributed by atoms with Gasteiger partial charge in [0.2, 0.25) is 5.43 Å². The van der Waals surface area contributed by atoms with Crippen molar-refractivity contribution in [1.29, 1.82) is 0 Å². The van der Waals surface area contributed by atoms with E-state index in [2.05, 4.69) is 15.3 Å². The van der Waals surface area contributed by atoms with Crippen LogP contribution in [0.1, 0.15) is 77.2 Å². The molecule has 0 amide bonds. The molecule has 4 rings (SSSR count). The first-order valence-corrected chi connectivity index (χ1v) is 12.6. The van der Waals surface area contributed by atoms with Crippen LogP contribution in [0.3, 0.4) is 0 Å². The Labute approximate surface area is 208 Å². The molecule has 2 fully saturated rings. The maximum Gasteiger partial charge on any atom is 0.342 e. The molecule has 2 aliphatic rings. The van der Waals surface area contributed by atoms with E-state index in [0.717, 1.165) is 51.4 Å². The van der Waals surface area contributed by atoms with E-state index in [0.29, 0.717) is 11.2 Å². The maximum atomic E-state index is 15.1. The third kappa shape index (κ3) is 6.22. The van der Waals surface area contributed by atoms with Crippen molar-refractivity contribution in [3.63, 3.8) is 0 Å². The molecular formula is C26H33FN4O5. The van der Waals surface area contributed by atoms with Crippen molar-refractivity contribution in [2.45, 2.75) is 83.2 Å². The lowest BCUT2D eigenvalue weighted by atomic mass is 9.95. The fourth-order valence-corrected chi connectivity index (χ4v) is 5.03. The summed E-state index contributed by atoms with van der Waals surface area (Å²) in [4.78, 5) is 40.2. The molecule has 1 heterocycles. The summed E-state index contributed by atoms with van der Waals surface area (Å²) >= 11 is 0. The lowest BCUT2D eigenvalue weighted by molar-refractivity contribution is -0.145. The first-order chi connectivity index (χ1) is 17.3. The van der Waals surface area contributed by atoms with Crippen LogP contribution < -0.4 is 21.2 Å². The van der Waals surface area contributed by atoms with Crippen molar-refractivity contribution in [3.05, 3.63) is 34.4 Å². The molecule has 1 aromatic heterocycles. The van der Waals surface area contributed by atoms with E-state index in [4.69, 9.17) is 10.5 Å². The molecule has 36 heavy (non-hydrogen) atoms. The average molecular weight is 501 g/mol. The average Bonchev–Trinajstić information content (AvgIpc) is 3.38. The summed E-state index contributed by atoms with van der Waals surface area (Å²) < 4.78 is 22.7. The lowest BCUT2D eigenvalue weighted by Gasteiger charge is -2.25. The Bertz CT molecular complexity index is 1210. The van der Waals surface area contributed by atoms with Crippen LogP contribution in [0.2, 0.25) is 0 Å². The van der Waals surface area contributed by atoms with E-state index < -0.39 is 23.6 Å². The highest BCUT2D eigenvalue weighted by Gasteiger charge is 2.23. The number of anilines is 1. The number of pyridine rings is 1. The number of ketones is 1. The topological polar surface area (TPSA) is 125 Å². The number of oxime groups is 1. The number of rotatable bonds is 9. The number of carbonyl (C=O) groups excluding carboxylic acids is 2. The molecule has 9 nitrogen and oxygen atoms in total. The van der Waals surface area contributed by atoms with E-state index in [-0.39, 0.29) is 41.4 Å². The summed E-state index contributed by atoms with van der Waals surface area (Å²) in [6.45, 7) is 0.937. The van der Waals surface area contributed by atoms with Gasteiger partial charge in [-0.15, -0.1) is 0 Å². The number of Topliss-reactive ketones (excluding diaryl/α,β-unsaturated/α-hetero) is 1. The maximum absolute atomic E-state index is 15.1. The molecule has 1 aromatic carbocycles. The van der Waals surface area contributed by atoms with Crippen molar-refractivity contribution >= 4 is 34.2 Å². The quantitative estimate of drug-likeness (QED) is 0.174. The Morgan fingerprint density at radius 2 is 1.83 bits per heavy atom. The van der Waals surface area contributed by atoms with Crippen molar-refractivity contribution in [2.75, 3.05) is 11.9 Å². The van der Waals surface area contributed by atoms with E-state index in [9.17, 15) is 14.4 Å². The third-order valence-corrected chi connectivity index (χ3v) is 6.80. The van der Waals surface area contributed by atoms with Gasteiger partial charge < -0.3 is 25.2 Å². The number of halogens is 1. The zero-order valence-electron chi connectivity index (χ0n) is 20.6. The summed E-state index contributed by atoms with van der Waals surface area (Å²) in [5.41, 5.74) is 6.37. The van der Waals surface area contributed by atoms with Crippen LogP contribution in [0, 0.1) is 5.82 Å². The standard InChI is InChI=1S/C26H33FN4O5/c1-16(32)11-25(33)36-30-24(28)15-35-23-14-31(18-9-5-6-10-18)22-13-21(20(27)12-19(22)26(23)34)29-17-7-3-2-4-8-17/h12-14,17-18,29H,2-11,15H2,1H3,(H2,28,30). The van der Waals surface area contributed by atoms with Gasteiger partial charge in [-0.1, -0.05) is 37.3 Å². The minimum Gasteiger partial charge on any atom is -0.480 e. The molecule has 194 valence electrons. The Morgan fingerprint density at radius 1 is 1.14 bits per heavy atom. The Morgan fingerprint density at radius 3 is 2.53 bits per heavy atom. The molecule has 3 N–H and O–H groups in total. The molecular weight excluding hydrogens is 467 g/mol.